The first kappa shape index (κ1) is 22.6. The number of aromatic nitrogens is 2. The molecule has 0 radical (unpaired) electrons. The SMILES string of the molecule is CCc1cnc(N2CC3[C@@H](COC4CCN(c5ccc(S(C)(=O)=O)cc5)CC4)[C@]3(C)C2)nc1. The molecule has 0 bridgehead atoms. The van der Waals surface area contributed by atoms with Crippen LogP contribution < -0.4 is 9.80 Å². The smallest absolute Gasteiger partial charge is 0.225 e. The molecule has 0 amide bonds. The Morgan fingerprint density at radius 3 is 2.30 bits per heavy atom. The summed E-state index contributed by atoms with van der Waals surface area (Å²) in [5.74, 6) is 2.16. The Labute approximate surface area is 197 Å². The van der Waals surface area contributed by atoms with Crippen molar-refractivity contribution < 1.29 is 13.2 Å². The highest BCUT2D eigenvalue weighted by Gasteiger charge is 2.66. The molecule has 7 nitrogen and oxygen atoms in total. The van der Waals surface area contributed by atoms with E-state index >= 15 is 0 Å². The van der Waals surface area contributed by atoms with Crippen LogP contribution in [0.15, 0.2) is 41.6 Å². The first-order valence-electron chi connectivity index (χ1n) is 12.0. The molecule has 2 aromatic rings. The van der Waals surface area contributed by atoms with Gasteiger partial charge in [0.2, 0.25) is 5.95 Å². The van der Waals surface area contributed by atoms with Gasteiger partial charge in [0.05, 0.1) is 17.6 Å². The highest BCUT2D eigenvalue weighted by molar-refractivity contribution is 7.90. The second kappa shape index (κ2) is 8.55. The summed E-state index contributed by atoms with van der Waals surface area (Å²) in [6.45, 7) is 9.27. The molecule has 1 aromatic heterocycles. The minimum Gasteiger partial charge on any atom is -0.378 e. The predicted molar refractivity (Wildman–Crippen MR) is 129 cm³/mol. The second-order valence-corrected chi connectivity index (χ2v) is 12.1. The van der Waals surface area contributed by atoms with Crippen LogP contribution in [0, 0.1) is 17.3 Å². The summed E-state index contributed by atoms with van der Waals surface area (Å²) in [6, 6.07) is 7.22. The van der Waals surface area contributed by atoms with E-state index in [-0.39, 0.29) is 0 Å². The molecule has 178 valence electrons. The van der Waals surface area contributed by atoms with Crippen molar-refractivity contribution in [3.05, 3.63) is 42.2 Å². The Morgan fingerprint density at radius 1 is 1.09 bits per heavy atom. The fraction of sp³-hybridized carbons (Fsp3) is 0.600. The molecule has 1 unspecified atom stereocenters. The van der Waals surface area contributed by atoms with Crippen molar-refractivity contribution in [1.82, 2.24) is 9.97 Å². The highest BCUT2D eigenvalue weighted by atomic mass is 32.2. The summed E-state index contributed by atoms with van der Waals surface area (Å²) < 4.78 is 29.7. The lowest BCUT2D eigenvalue weighted by Gasteiger charge is -2.34. The molecule has 3 fully saturated rings. The van der Waals surface area contributed by atoms with Crippen LogP contribution in [0.5, 0.6) is 0 Å². The number of hydrogen-bond acceptors (Lipinski definition) is 7. The summed E-state index contributed by atoms with van der Waals surface area (Å²) in [5, 5.41) is 0. The van der Waals surface area contributed by atoms with Gasteiger partial charge in [-0.3, -0.25) is 0 Å². The molecule has 2 saturated heterocycles. The minimum absolute atomic E-state index is 0.308. The average molecular weight is 471 g/mol. The normalized spacial score (nSPS) is 27.6. The van der Waals surface area contributed by atoms with Crippen molar-refractivity contribution in [1.29, 1.82) is 0 Å². The molecule has 5 rings (SSSR count). The van der Waals surface area contributed by atoms with Crippen LogP contribution in [0.2, 0.25) is 0 Å². The lowest BCUT2D eigenvalue weighted by molar-refractivity contribution is 0.0237. The number of ether oxygens (including phenoxy) is 1. The van der Waals surface area contributed by atoms with Crippen LogP contribution in [0.1, 0.15) is 32.3 Å². The molecule has 1 aromatic carbocycles. The summed E-state index contributed by atoms with van der Waals surface area (Å²) in [6.07, 6.45) is 8.42. The van der Waals surface area contributed by atoms with Gasteiger partial charge in [-0.25, -0.2) is 18.4 Å². The van der Waals surface area contributed by atoms with Gasteiger partial charge in [-0.05, 0) is 66.3 Å². The van der Waals surface area contributed by atoms with Crippen LogP contribution in [0.4, 0.5) is 11.6 Å². The van der Waals surface area contributed by atoms with Crippen molar-refractivity contribution in [3.8, 4) is 0 Å². The first-order valence-corrected chi connectivity index (χ1v) is 13.9. The van der Waals surface area contributed by atoms with Crippen molar-refractivity contribution in [2.75, 3.05) is 48.8 Å². The molecule has 2 aliphatic heterocycles. The van der Waals surface area contributed by atoms with Gasteiger partial charge in [-0.2, -0.15) is 0 Å². The number of anilines is 2. The quantitative estimate of drug-likeness (QED) is 0.615. The van der Waals surface area contributed by atoms with Crippen LogP contribution in [0.25, 0.3) is 0 Å². The number of benzene rings is 1. The summed E-state index contributed by atoms with van der Waals surface area (Å²) in [4.78, 5) is 14.1. The van der Waals surface area contributed by atoms with E-state index in [0.29, 0.717) is 28.3 Å². The fourth-order valence-electron chi connectivity index (χ4n) is 5.62. The van der Waals surface area contributed by atoms with E-state index in [1.165, 1.54) is 11.8 Å². The Bertz CT molecular complexity index is 1080. The Balaban J connectivity index is 1.07. The van der Waals surface area contributed by atoms with E-state index in [4.69, 9.17) is 4.74 Å². The van der Waals surface area contributed by atoms with Gasteiger partial charge in [0.15, 0.2) is 9.84 Å². The minimum atomic E-state index is -3.15. The van der Waals surface area contributed by atoms with E-state index in [0.717, 1.165) is 63.7 Å². The third kappa shape index (κ3) is 4.47. The van der Waals surface area contributed by atoms with Gasteiger partial charge in [0.1, 0.15) is 0 Å². The van der Waals surface area contributed by atoms with Crippen molar-refractivity contribution in [3.63, 3.8) is 0 Å². The molecular weight excluding hydrogens is 436 g/mol. The molecular formula is C25H34N4O3S. The van der Waals surface area contributed by atoms with Gasteiger partial charge in [0.25, 0.3) is 0 Å². The molecule has 3 aliphatic rings. The van der Waals surface area contributed by atoms with E-state index in [2.05, 4.69) is 33.6 Å². The lowest BCUT2D eigenvalue weighted by Crippen LogP contribution is -2.37. The second-order valence-electron chi connectivity index (χ2n) is 10.1. The van der Waals surface area contributed by atoms with E-state index in [9.17, 15) is 8.42 Å². The maximum Gasteiger partial charge on any atom is 0.225 e. The number of rotatable bonds is 7. The molecule has 33 heavy (non-hydrogen) atoms. The number of hydrogen-bond donors (Lipinski definition) is 0. The topological polar surface area (TPSA) is 75.6 Å². The molecule has 3 heterocycles. The third-order valence-corrected chi connectivity index (χ3v) is 9.11. The van der Waals surface area contributed by atoms with Crippen LogP contribution in [-0.4, -0.2) is 63.5 Å². The third-order valence-electron chi connectivity index (χ3n) is 7.99. The summed E-state index contributed by atoms with van der Waals surface area (Å²) in [7, 11) is -3.15. The molecule has 0 spiro atoms. The maximum absolute atomic E-state index is 11.7. The van der Waals surface area contributed by atoms with Gasteiger partial charge in [-0.1, -0.05) is 13.8 Å². The summed E-state index contributed by atoms with van der Waals surface area (Å²) >= 11 is 0. The zero-order chi connectivity index (χ0) is 23.2. The lowest BCUT2D eigenvalue weighted by atomic mass is 10.1. The molecule has 1 aliphatic carbocycles. The van der Waals surface area contributed by atoms with E-state index < -0.39 is 9.84 Å². The van der Waals surface area contributed by atoms with Crippen LogP contribution >= 0.6 is 0 Å². The first-order chi connectivity index (χ1) is 15.8. The molecule has 8 heteroatoms. The average Bonchev–Trinajstić information content (AvgIpc) is 3.18. The Kier molecular flexibility index (Phi) is 5.85. The zero-order valence-electron chi connectivity index (χ0n) is 19.8. The van der Waals surface area contributed by atoms with Gasteiger partial charge in [0, 0.05) is 50.5 Å². The van der Waals surface area contributed by atoms with Crippen molar-refractivity contribution in [2.45, 2.75) is 44.1 Å². The predicted octanol–water partition coefficient (Wildman–Crippen LogP) is 3.20. The van der Waals surface area contributed by atoms with Gasteiger partial charge in [-0.15, -0.1) is 0 Å². The maximum atomic E-state index is 11.7. The largest absolute Gasteiger partial charge is 0.378 e. The zero-order valence-corrected chi connectivity index (χ0v) is 20.6. The molecule has 1 saturated carbocycles. The summed E-state index contributed by atoms with van der Waals surface area (Å²) in [5.41, 5.74) is 2.58. The Hall–Kier alpha value is -2.19. The molecule has 0 N–H and O–H groups in total. The van der Waals surface area contributed by atoms with Gasteiger partial charge >= 0.3 is 0 Å². The van der Waals surface area contributed by atoms with E-state index in [1.54, 1.807) is 12.1 Å². The van der Waals surface area contributed by atoms with E-state index in [1.807, 2.05) is 24.5 Å². The number of piperidine rings is 2. The van der Waals surface area contributed by atoms with Crippen LogP contribution in [0.3, 0.4) is 0 Å². The molecule has 3 atom stereocenters. The standard InChI is InChI=1S/C25H34N4O3S/c1-4-18-13-26-24(27-14-18)29-15-22-23(25(22,2)17-29)16-32-20-9-11-28(12-10-20)19-5-7-21(8-6-19)33(3,30)31/h5-8,13-14,20,22-23H,4,9-12,15-17H2,1-3H3/t22?,23-,25-/m1/s1. The number of sulfone groups is 1. The number of aryl methyl sites for hydroxylation is 1. The number of fused-ring (bicyclic) bond motifs is 1. The van der Waals surface area contributed by atoms with Crippen LogP contribution in [-0.2, 0) is 21.0 Å². The Morgan fingerprint density at radius 2 is 1.76 bits per heavy atom. The monoisotopic (exact) mass is 470 g/mol. The fourth-order valence-corrected chi connectivity index (χ4v) is 6.26. The number of nitrogens with zero attached hydrogens (tertiary/aromatic N) is 4. The van der Waals surface area contributed by atoms with Crippen molar-refractivity contribution >= 4 is 21.5 Å². The van der Waals surface area contributed by atoms with Crippen molar-refractivity contribution in [2.24, 2.45) is 17.3 Å². The highest BCUT2D eigenvalue weighted by Crippen LogP contribution is 2.63. The van der Waals surface area contributed by atoms with Gasteiger partial charge < -0.3 is 14.5 Å².